The van der Waals surface area contributed by atoms with E-state index < -0.39 is 0 Å². The van der Waals surface area contributed by atoms with Gasteiger partial charge in [0.1, 0.15) is 17.0 Å². The maximum Gasteiger partial charge on any atom is 0.228 e. The van der Waals surface area contributed by atoms with E-state index in [4.69, 9.17) is 4.98 Å². The number of carbonyl (C=O) groups is 1. The second kappa shape index (κ2) is 10.3. The van der Waals surface area contributed by atoms with E-state index in [1.807, 2.05) is 61.5 Å². The number of carbonyl (C=O) groups excluding carboxylic acids is 1. The summed E-state index contributed by atoms with van der Waals surface area (Å²) in [6.07, 6.45) is 6.99. The number of halogens is 1. The first-order valence-electron chi connectivity index (χ1n) is 13.3. The van der Waals surface area contributed by atoms with Crippen LogP contribution in [-0.4, -0.2) is 41.0 Å². The molecule has 5 aromatic heterocycles. The van der Waals surface area contributed by atoms with Crippen LogP contribution in [0.2, 0.25) is 0 Å². The minimum atomic E-state index is -0.328. The topological polar surface area (TPSA) is 125 Å². The lowest BCUT2D eigenvalue weighted by molar-refractivity contribution is -0.115. The number of fused-ring (bicyclic) bond motifs is 2. The third kappa shape index (κ3) is 4.86. The summed E-state index contributed by atoms with van der Waals surface area (Å²) in [5, 5.41) is 11.1. The third-order valence-electron chi connectivity index (χ3n) is 6.92. The molecule has 7 aromatic rings. The number of nitrogens with zero attached hydrogens (tertiary/aromatic N) is 5. The van der Waals surface area contributed by atoms with E-state index in [1.54, 1.807) is 24.8 Å². The molecule has 0 saturated heterocycles. The van der Waals surface area contributed by atoms with Crippen molar-refractivity contribution in [2.24, 2.45) is 0 Å². The molecule has 0 aliphatic rings. The number of imidazole rings is 1. The van der Waals surface area contributed by atoms with Gasteiger partial charge in [-0.05, 0) is 54.4 Å². The third-order valence-corrected chi connectivity index (χ3v) is 6.92. The van der Waals surface area contributed by atoms with Crippen molar-refractivity contribution < 1.29 is 9.18 Å². The fourth-order valence-electron chi connectivity index (χ4n) is 5.03. The van der Waals surface area contributed by atoms with Crippen LogP contribution in [0.15, 0.2) is 91.5 Å². The summed E-state index contributed by atoms with van der Waals surface area (Å²) >= 11 is 0. The van der Waals surface area contributed by atoms with E-state index in [2.05, 4.69) is 35.5 Å². The number of benzene rings is 2. The number of aryl methyl sites for hydroxylation is 1. The molecule has 42 heavy (non-hydrogen) atoms. The minimum absolute atomic E-state index is 0.127. The Hall–Kier alpha value is -5.77. The van der Waals surface area contributed by atoms with Crippen LogP contribution in [0, 0.1) is 12.7 Å². The van der Waals surface area contributed by atoms with Crippen molar-refractivity contribution in [3.63, 3.8) is 0 Å². The molecule has 3 N–H and O–H groups in total. The molecule has 0 saturated carbocycles. The Morgan fingerprint density at radius 2 is 1.76 bits per heavy atom. The number of amides is 1. The van der Waals surface area contributed by atoms with Crippen LogP contribution in [-0.2, 0) is 11.2 Å². The van der Waals surface area contributed by atoms with E-state index in [-0.39, 0.29) is 18.1 Å². The summed E-state index contributed by atoms with van der Waals surface area (Å²) in [5.41, 5.74) is 7.66. The highest BCUT2D eigenvalue weighted by Gasteiger charge is 2.18. The van der Waals surface area contributed by atoms with Crippen LogP contribution in [0.3, 0.4) is 0 Å². The average Bonchev–Trinajstić information content (AvgIpc) is 3.61. The van der Waals surface area contributed by atoms with Gasteiger partial charge in [0.25, 0.3) is 0 Å². The fraction of sp³-hybridized carbons (Fsp3) is 0.0625. The average molecular weight is 555 g/mol. The van der Waals surface area contributed by atoms with Crippen molar-refractivity contribution in [2.45, 2.75) is 13.3 Å². The van der Waals surface area contributed by atoms with Gasteiger partial charge in [-0.1, -0.05) is 30.3 Å². The standard InChI is InChI=1S/C32H23FN8O/c1-18-9-20(12-23(33)10-18)28-30-26(7-8-35-28)38-32(39-30)29-25-14-22(16-36-31(25)41-40-29)21-13-24(17-34-15-21)37-27(42)11-19-5-3-2-4-6-19/h2-10,12-17H,11H2,1H3,(H,37,42)(H,38,39)(H,36,40,41). The van der Waals surface area contributed by atoms with Crippen molar-refractivity contribution in [1.82, 2.24) is 35.1 Å². The molecule has 10 heteroatoms. The van der Waals surface area contributed by atoms with Crippen LogP contribution in [0.4, 0.5) is 10.1 Å². The van der Waals surface area contributed by atoms with Crippen LogP contribution < -0.4 is 5.32 Å². The molecule has 7 rings (SSSR count). The molecular weight excluding hydrogens is 531 g/mol. The lowest BCUT2D eigenvalue weighted by Gasteiger charge is -2.07. The van der Waals surface area contributed by atoms with E-state index in [9.17, 15) is 9.18 Å². The zero-order valence-corrected chi connectivity index (χ0v) is 22.4. The number of nitrogens with one attached hydrogen (secondary N) is 3. The molecule has 0 fully saturated rings. The van der Waals surface area contributed by atoms with E-state index >= 15 is 0 Å². The van der Waals surface area contributed by atoms with Crippen LogP contribution in [0.25, 0.3) is 56.0 Å². The van der Waals surface area contributed by atoms with Gasteiger partial charge in [0.15, 0.2) is 11.5 Å². The fourth-order valence-corrected chi connectivity index (χ4v) is 5.03. The number of aromatic nitrogens is 7. The molecule has 0 atom stereocenters. The van der Waals surface area contributed by atoms with Crippen molar-refractivity contribution in [1.29, 1.82) is 0 Å². The summed E-state index contributed by atoms with van der Waals surface area (Å²) in [6.45, 7) is 1.84. The molecule has 0 spiro atoms. The van der Waals surface area contributed by atoms with Gasteiger partial charge >= 0.3 is 0 Å². The molecule has 9 nitrogen and oxygen atoms in total. The monoisotopic (exact) mass is 554 g/mol. The normalized spacial score (nSPS) is 11.3. The lowest BCUT2D eigenvalue weighted by Crippen LogP contribution is -2.14. The molecule has 0 aliphatic carbocycles. The number of H-pyrrole nitrogens is 2. The Morgan fingerprint density at radius 1 is 0.905 bits per heavy atom. The highest BCUT2D eigenvalue weighted by atomic mass is 19.1. The number of pyridine rings is 3. The van der Waals surface area contributed by atoms with Gasteiger partial charge in [0.2, 0.25) is 5.91 Å². The summed E-state index contributed by atoms with van der Waals surface area (Å²) < 4.78 is 14.2. The van der Waals surface area contributed by atoms with Crippen molar-refractivity contribution >= 4 is 33.7 Å². The first-order valence-corrected chi connectivity index (χ1v) is 13.3. The molecular formula is C32H23FN8O. The Balaban J connectivity index is 1.22. The molecule has 204 valence electrons. The highest BCUT2D eigenvalue weighted by Crippen LogP contribution is 2.32. The zero-order chi connectivity index (χ0) is 28.6. The summed E-state index contributed by atoms with van der Waals surface area (Å²) in [4.78, 5) is 34.1. The summed E-state index contributed by atoms with van der Waals surface area (Å²) in [6, 6.07) is 20.0. The zero-order valence-electron chi connectivity index (χ0n) is 22.4. The molecule has 2 aromatic carbocycles. The largest absolute Gasteiger partial charge is 0.336 e. The second-order valence-corrected chi connectivity index (χ2v) is 10.0. The second-order valence-electron chi connectivity index (χ2n) is 10.0. The maximum absolute atomic E-state index is 14.2. The van der Waals surface area contributed by atoms with Gasteiger partial charge in [-0.2, -0.15) is 5.10 Å². The molecule has 5 heterocycles. The Bertz CT molecular complexity index is 2080. The van der Waals surface area contributed by atoms with Crippen molar-refractivity contribution in [3.8, 4) is 33.9 Å². The van der Waals surface area contributed by atoms with E-state index in [1.165, 1.54) is 12.1 Å². The summed E-state index contributed by atoms with van der Waals surface area (Å²) in [7, 11) is 0. The molecule has 0 unspecified atom stereocenters. The maximum atomic E-state index is 14.2. The SMILES string of the molecule is Cc1cc(F)cc(-c2nccc3[nH]c(-c4n[nH]c5ncc(-c6cncc(NC(=O)Cc7ccccc7)c6)cc45)nc23)c1. The predicted molar refractivity (Wildman–Crippen MR) is 159 cm³/mol. The van der Waals surface area contributed by atoms with Gasteiger partial charge in [-0.25, -0.2) is 14.4 Å². The smallest absolute Gasteiger partial charge is 0.228 e. The van der Waals surface area contributed by atoms with E-state index in [0.717, 1.165) is 33.2 Å². The molecule has 1 amide bonds. The molecule has 0 aliphatic heterocycles. The Kier molecular flexibility index (Phi) is 6.20. The molecule has 0 radical (unpaired) electrons. The Labute approximate surface area is 238 Å². The highest BCUT2D eigenvalue weighted by molar-refractivity contribution is 5.97. The Morgan fingerprint density at radius 3 is 2.62 bits per heavy atom. The number of hydrogen-bond acceptors (Lipinski definition) is 6. The van der Waals surface area contributed by atoms with E-state index in [0.29, 0.717) is 39.6 Å². The van der Waals surface area contributed by atoms with Crippen LogP contribution >= 0.6 is 0 Å². The number of hydrogen-bond donors (Lipinski definition) is 3. The van der Waals surface area contributed by atoms with Gasteiger partial charge < -0.3 is 10.3 Å². The van der Waals surface area contributed by atoms with Crippen LogP contribution in [0.1, 0.15) is 11.1 Å². The van der Waals surface area contributed by atoms with Gasteiger partial charge in [0.05, 0.1) is 34.9 Å². The number of anilines is 1. The van der Waals surface area contributed by atoms with Crippen molar-refractivity contribution in [2.75, 3.05) is 5.32 Å². The lowest BCUT2D eigenvalue weighted by atomic mass is 10.1. The number of aromatic amines is 2. The van der Waals surface area contributed by atoms with Gasteiger partial charge in [0, 0.05) is 35.3 Å². The molecule has 0 bridgehead atoms. The van der Waals surface area contributed by atoms with Gasteiger partial charge in [-0.15, -0.1) is 0 Å². The van der Waals surface area contributed by atoms with Crippen molar-refractivity contribution in [3.05, 3.63) is 108 Å². The first kappa shape index (κ1) is 25.2. The predicted octanol–water partition coefficient (Wildman–Crippen LogP) is 6.25. The van der Waals surface area contributed by atoms with Crippen LogP contribution in [0.5, 0.6) is 0 Å². The minimum Gasteiger partial charge on any atom is -0.336 e. The summed E-state index contributed by atoms with van der Waals surface area (Å²) in [5.74, 6) is 0.0707. The number of rotatable bonds is 6. The van der Waals surface area contributed by atoms with Gasteiger partial charge in [-0.3, -0.25) is 19.9 Å². The quantitative estimate of drug-likeness (QED) is 0.223. The first-order chi connectivity index (χ1) is 20.5.